The number of alkyl halides is 3. The summed E-state index contributed by atoms with van der Waals surface area (Å²) < 4.78 is 46.2. The highest BCUT2D eigenvalue weighted by Crippen LogP contribution is 2.44. The number of hydrogen-bond acceptors (Lipinski definition) is 6. The van der Waals surface area contributed by atoms with E-state index in [1.54, 1.807) is 50.0 Å². The Morgan fingerprint density at radius 3 is 2.49 bits per heavy atom. The van der Waals surface area contributed by atoms with E-state index in [2.05, 4.69) is 15.1 Å². The van der Waals surface area contributed by atoms with Crippen molar-refractivity contribution in [2.24, 2.45) is 0 Å². The van der Waals surface area contributed by atoms with Crippen LogP contribution in [0.15, 0.2) is 36.9 Å². The van der Waals surface area contributed by atoms with E-state index in [1.807, 2.05) is 0 Å². The molecule has 186 valence electrons. The van der Waals surface area contributed by atoms with Gasteiger partial charge in [-0.15, -0.1) is 0 Å². The summed E-state index contributed by atoms with van der Waals surface area (Å²) in [6.45, 7) is 5.31. The standard InChI is InChI=1S/C23H24F3N5O4/c1-13-4-5-17-18(31(13)21(32)33)7-6-16(14-8-29-30(11-14)12-22(2,3)34)19(17)35-20-27-9-15(10-28-20)23(24,25)26/h6-11,13,34H,4-5,12H2,1-3H3,(H,32,33)/t13-/m0/s1. The second kappa shape index (κ2) is 8.84. The minimum atomic E-state index is -4.59. The van der Waals surface area contributed by atoms with Gasteiger partial charge in [0.25, 0.3) is 0 Å². The summed E-state index contributed by atoms with van der Waals surface area (Å²) >= 11 is 0. The fourth-order valence-corrected chi connectivity index (χ4v) is 4.03. The molecule has 1 aliphatic rings. The molecule has 4 rings (SSSR count). The summed E-state index contributed by atoms with van der Waals surface area (Å²) in [5.74, 6) is 0.239. The number of aliphatic hydroxyl groups is 1. The molecular weight excluding hydrogens is 467 g/mol. The molecule has 35 heavy (non-hydrogen) atoms. The second-order valence-corrected chi connectivity index (χ2v) is 9.07. The Bertz CT molecular complexity index is 1240. The lowest BCUT2D eigenvalue weighted by Crippen LogP contribution is -2.41. The molecule has 0 aliphatic carbocycles. The predicted octanol–water partition coefficient (Wildman–Crippen LogP) is 4.74. The monoisotopic (exact) mass is 491 g/mol. The number of anilines is 1. The maximum Gasteiger partial charge on any atom is 0.419 e. The van der Waals surface area contributed by atoms with Crippen molar-refractivity contribution in [1.82, 2.24) is 19.7 Å². The van der Waals surface area contributed by atoms with E-state index in [1.165, 1.54) is 4.90 Å². The molecule has 0 spiro atoms. The van der Waals surface area contributed by atoms with Gasteiger partial charge in [-0.2, -0.15) is 18.3 Å². The molecule has 2 N–H and O–H groups in total. The van der Waals surface area contributed by atoms with Crippen molar-refractivity contribution in [2.45, 2.75) is 58.0 Å². The van der Waals surface area contributed by atoms with Crippen LogP contribution >= 0.6 is 0 Å². The number of rotatable bonds is 5. The fraction of sp³-hybridized carbons (Fsp3) is 0.391. The molecule has 1 aromatic carbocycles. The van der Waals surface area contributed by atoms with Crippen LogP contribution in [-0.4, -0.2) is 47.7 Å². The minimum Gasteiger partial charge on any atom is -0.465 e. The van der Waals surface area contributed by atoms with Crippen molar-refractivity contribution in [3.05, 3.63) is 48.0 Å². The zero-order valence-corrected chi connectivity index (χ0v) is 19.2. The lowest BCUT2D eigenvalue weighted by molar-refractivity contribution is -0.138. The van der Waals surface area contributed by atoms with Gasteiger partial charge in [-0.1, -0.05) is 0 Å². The molecule has 0 radical (unpaired) electrons. The summed E-state index contributed by atoms with van der Waals surface area (Å²) in [5, 5.41) is 24.1. The lowest BCUT2D eigenvalue weighted by atomic mass is 9.92. The Hall–Kier alpha value is -3.67. The molecule has 0 saturated carbocycles. The topological polar surface area (TPSA) is 114 Å². The Morgan fingerprint density at radius 1 is 1.20 bits per heavy atom. The quantitative estimate of drug-likeness (QED) is 0.530. The van der Waals surface area contributed by atoms with Gasteiger partial charge in [-0.05, 0) is 45.7 Å². The summed E-state index contributed by atoms with van der Waals surface area (Å²) in [4.78, 5) is 20.6. The number of amides is 1. The van der Waals surface area contributed by atoms with Crippen LogP contribution in [0.3, 0.4) is 0 Å². The summed E-state index contributed by atoms with van der Waals surface area (Å²) in [6, 6.07) is 2.76. The normalized spacial score (nSPS) is 16.2. The first-order valence-corrected chi connectivity index (χ1v) is 10.8. The molecule has 1 aliphatic heterocycles. The third kappa shape index (κ3) is 5.21. The van der Waals surface area contributed by atoms with Gasteiger partial charge in [-0.3, -0.25) is 9.58 Å². The van der Waals surface area contributed by atoms with Crippen LogP contribution in [0.25, 0.3) is 11.1 Å². The minimum absolute atomic E-state index is 0.223. The van der Waals surface area contributed by atoms with Gasteiger partial charge in [0.05, 0.1) is 29.6 Å². The number of hydrogen-bond donors (Lipinski definition) is 2. The Labute approximate surface area is 198 Å². The van der Waals surface area contributed by atoms with Crippen molar-refractivity contribution in [2.75, 3.05) is 4.90 Å². The molecule has 3 aromatic rings. The number of nitrogens with zero attached hydrogens (tertiary/aromatic N) is 5. The summed E-state index contributed by atoms with van der Waals surface area (Å²) in [6.07, 6.45) is -0.208. The van der Waals surface area contributed by atoms with Gasteiger partial charge in [0.2, 0.25) is 0 Å². The molecule has 0 unspecified atom stereocenters. The number of aromatic nitrogens is 4. The number of fused-ring (bicyclic) bond motifs is 1. The van der Waals surface area contributed by atoms with Gasteiger partial charge in [0, 0.05) is 41.3 Å². The van der Waals surface area contributed by atoms with Crippen molar-refractivity contribution in [3.63, 3.8) is 0 Å². The van der Waals surface area contributed by atoms with Crippen LogP contribution in [0.4, 0.5) is 23.7 Å². The molecule has 12 heteroatoms. The van der Waals surface area contributed by atoms with E-state index in [0.717, 1.165) is 0 Å². The lowest BCUT2D eigenvalue weighted by Gasteiger charge is -2.34. The smallest absolute Gasteiger partial charge is 0.419 e. The van der Waals surface area contributed by atoms with Crippen molar-refractivity contribution in [3.8, 4) is 22.9 Å². The number of halogens is 3. The zero-order chi connectivity index (χ0) is 25.5. The van der Waals surface area contributed by atoms with Crippen molar-refractivity contribution < 1.29 is 32.9 Å². The van der Waals surface area contributed by atoms with E-state index in [9.17, 15) is 28.2 Å². The average molecular weight is 491 g/mol. The van der Waals surface area contributed by atoms with Crippen LogP contribution in [0.5, 0.6) is 11.8 Å². The Morgan fingerprint density at radius 2 is 1.89 bits per heavy atom. The molecule has 0 bridgehead atoms. The molecule has 3 heterocycles. The maximum atomic E-state index is 12.9. The molecule has 1 amide bonds. The molecule has 1 atom stereocenters. The van der Waals surface area contributed by atoms with Gasteiger partial charge in [0.15, 0.2) is 0 Å². The molecule has 0 saturated heterocycles. The summed E-state index contributed by atoms with van der Waals surface area (Å²) in [7, 11) is 0. The van der Waals surface area contributed by atoms with E-state index < -0.39 is 23.4 Å². The number of carboxylic acid groups (broad SMARTS) is 1. The van der Waals surface area contributed by atoms with E-state index in [4.69, 9.17) is 4.74 Å². The van der Waals surface area contributed by atoms with Crippen LogP contribution in [0, 0.1) is 0 Å². The molecule has 0 fully saturated rings. The number of ether oxygens (including phenoxy) is 1. The van der Waals surface area contributed by atoms with Crippen LogP contribution in [0.2, 0.25) is 0 Å². The zero-order valence-electron chi connectivity index (χ0n) is 19.2. The van der Waals surface area contributed by atoms with E-state index >= 15 is 0 Å². The van der Waals surface area contributed by atoms with Crippen LogP contribution in [0.1, 0.15) is 38.3 Å². The molecule has 2 aromatic heterocycles. The highest BCUT2D eigenvalue weighted by molar-refractivity contribution is 5.91. The second-order valence-electron chi connectivity index (χ2n) is 9.07. The van der Waals surface area contributed by atoms with Gasteiger partial charge < -0.3 is 14.9 Å². The van der Waals surface area contributed by atoms with Crippen molar-refractivity contribution >= 4 is 11.8 Å². The average Bonchev–Trinajstić information content (AvgIpc) is 3.19. The van der Waals surface area contributed by atoms with Gasteiger partial charge in [-0.25, -0.2) is 14.8 Å². The first-order valence-electron chi connectivity index (χ1n) is 10.8. The first kappa shape index (κ1) is 24.5. The first-order chi connectivity index (χ1) is 16.3. The molecule has 9 nitrogen and oxygen atoms in total. The largest absolute Gasteiger partial charge is 0.465 e. The maximum absolute atomic E-state index is 12.9. The van der Waals surface area contributed by atoms with Gasteiger partial charge in [0.1, 0.15) is 5.75 Å². The third-order valence-corrected chi connectivity index (χ3v) is 5.60. The SMILES string of the molecule is C[C@H]1CCc2c(ccc(-c3cnn(CC(C)(C)O)c3)c2Oc2ncc(C(F)(F)F)cn2)N1C(=O)O. The highest BCUT2D eigenvalue weighted by Gasteiger charge is 2.33. The number of carbonyl (C=O) groups is 1. The Balaban J connectivity index is 1.81. The summed E-state index contributed by atoms with van der Waals surface area (Å²) in [5.41, 5.74) is 0.116. The van der Waals surface area contributed by atoms with Gasteiger partial charge >= 0.3 is 18.3 Å². The van der Waals surface area contributed by atoms with E-state index in [-0.39, 0.29) is 24.3 Å². The van der Waals surface area contributed by atoms with Crippen LogP contribution < -0.4 is 9.64 Å². The number of benzene rings is 1. The van der Waals surface area contributed by atoms with E-state index in [0.29, 0.717) is 47.6 Å². The highest BCUT2D eigenvalue weighted by atomic mass is 19.4. The Kier molecular flexibility index (Phi) is 6.18. The molecular formula is C23H24F3N5O4. The van der Waals surface area contributed by atoms with Crippen molar-refractivity contribution in [1.29, 1.82) is 0 Å². The predicted molar refractivity (Wildman–Crippen MR) is 119 cm³/mol. The van der Waals surface area contributed by atoms with Crippen LogP contribution in [-0.2, 0) is 19.1 Å². The third-order valence-electron chi connectivity index (χ3n) is 5.60. The fourth-order valence-electron chi connectivity index (χ4n) is 4.03.